The van der Waals surface area contributed by atoms with Crippen molar-refractivity contribution in [2.75, 3.05) is 0 Å². The fraction of sp³-hybridized carbons (Fsp3) is 0.182. The van der Waals surface area contributed by atoms with Crippen LogP contribution in [0, 0.1) is 0 Å². The molecule has 0 aliphatic rings. The minimum atomic E-state index is -0.0807. The summed E-state index contributed by atoms with van der Waals surface area (Å²) in [5, 5.41) is 2.69. The van der Waals surface area contributed by atoms with Crippen molar-refractivity contribution in [1.29, 1.82) is 0 Å². The molecule has 2 aromatic rings. The molecule has 0 spiro atoms. The zero-order valence-electron chi connectivity index (χ0n) is 8.36. The van der Waals surface area contributed by atoms with Crippen molar-refractivity contribution in [3.05, 3.63) is 49.8 Å². The quantitative estimate of drug-likeness (QED) is 0.935. The minimum Gasteiger partial charge on any atom is -0.322 e. The van der Waals surface area contributed by atoms with Gasteiger partial charge in [-0.1, -0.05) is 11.6 Å². The van der Waals surface area contributed by atoms with Gasteiger partial charge in [-0.25, -0.2) is 0 Å². The zero-order chi connectivity index (χ0) is 11.5. The Labute approximate surface area is 112 Å². The number of nitrogens with zero attached hydrogens (tertiary/aromatic N) is 1. The summed E-state index contributed by atoms with van der Waals surface area (Å²) in [4.78, 5) is 5.46. The summed E-state index contributed by atoms with van der Waals surface area (Å²) in [5.74, 6) is 0. The second-order valence-electron chi connectivity index (χ2n) is 3.44. The maximum Gasteiger partial charge on any atom is 0.0589 e. The van der Waals surface area contributed by atoms with Gasteiger partial charge < -0.3 is 5.73 Å². The van der Waals surface area contributed by atoms with Gasteiger partial charge in [0.2, 0.25) is 0 Å². The predicted octanol–water partition coefficient (Wildman–Crippen LogP) is 3.80. The molecule has 2 N–H and O–H groups in total. The third kappa shape index (κ3) is 3.04. The third-order valence-corrected chi connectivity index (χ3v) is 4.12. The maximum absolute atomic E-state index is 6.07. The Hall–Kier alpha value is -0.420. The van der Waals surface area contributed by atoms with Crippen molar-refractivity contribution in [3.8, 4) is 0 Å². The number of hydrogen-bond donors (Lipinski definition) is 1. The molecule has 84 valence electrons. The molecule has 0 fully saturated rings. The Morgan fingerprint density at radius 1 is 1.50 bits per heavy atom. The Bertz CT molecular complexity index is 469. The lowest BCUT2D eigenvalue weighted by molar-refractivity contribution is 0.703. The van der Waals surface area contributed by atoms with E-state index in [4.69, 9.17) is 17.3 Å². The highest BCUT2D eigenvalue weighted by Crippen LogP contribution is 2.24. The van der Waals surface area contributed by atoms with E-state index in [0.29, 0.717) is 5.02 Å². The van der Waals surface area contributed by atoms with Crippen LogP contribution in [0.4, 0.5) is 0 Å². The van der Waals surface area contributed by atoms with Gasteiger partial charge in [0.1, 0.15) is 0 Å². The first-order chi connectivity index (χ1) is 7.65. The van der Waals surface area contributed by atoms with Gasteiger partial charge in [-0.05, 0) is 34.1 Å². The van der Waals surface area contributed by atoms with Crippen LogP contribution in [0.3, 0.4) is 0 Å². The molecule has 2 heterocycles. The molecule has 0 aromatic carbocycles. The van der Waals surface area contributed by atoms with E-state index in [0.717, 1.165) is 16.6 Å². The Morgan fingerprint density at radius 3 is 2.88 bits per heavy atom. The molecule has 1 unspecified atom stereocenters. The van der Waals surface area contributed by atoms with Crippen LogP contribution in [-0.4, -0.2) is 4.98 Å². The highest BCUT2D eigenvalue weighted by molar-refractivity contribution is 9.10. The van der Waals surface area contributed by atoms with Crippen LogP contribution in [0.5, 0.6) is 0 Å². The molecule has 2 nitrogen and oxygen atoms in total. The second kappa shape index (κ2) is 5.27. The van der Waals surface area contributed by atoms with Crippen LogP contribution in [0.1, 0.15) is 16.6 Å². The van der Waals surface area contributed by atoms with E-state index in [1.807, 2.05) is 12.1 Å². The van der Waals surface area contributed by atoms with Crippen molar-refractivity contribution >= 4 is 38.9 Å². The van der Waals surface area contributed by atoms with E-state index >= 15 is 0 Å². The summed E-state index contributed by atoms with van der Waals surface area (Å²) >= 11 is 10.9. The molecule has 2 rings (SSSR count). The van der Waals surface area contributed by atoms with E-state index in [1.54, 1.807) is 17.5 Å². The number of pyridine rings is 1. The first-order valence-corrected chi connectivity index (χ1v) is 6.80. The summed E-state index contributed by atoms with van der Waals surface area (Å²) in [6, 6.07) is 5.69. The van der Waals surface area contributed by atoms with E-state index < -0.39 is 0 Å². The average Bonchev–Trinajstić information content (AvgIpc) is 2.65. The molecule has 5 heteroatoms. The molecule has 0 radical (unpaired) electrons. The van der Waals surface area contributed by atoms with E-state index in [1.165, 1.54) is 4.88 Å². The molecular weight excluding hydrogens is 308 g/mol. The highest BCUT2D eigenvalue weighted by Gasteiger charge is 2.09. The average molecular weight is 318 g/mol. The van der Waals surface area contributed by atoms with Gasteiger partial charge in [0.05, 0.1) is 16.8 Å². The van der Waals surface area contributed by atoms with Crippen LogP contribution >= 0.6 is 38.9 Å². The molecule has 1 atom stereocenters. The lowest BCUT2D eigenvalue weighted by Gasteiger charge is -2.09. The Morgan fingerprint density at radius 2 is 2.31 bits per heavy atom. The molecule has 2 aromatic heterocycles. The number of nitrogens with two attached hydrogens (primary N) is 1. The summed E-state index contributed by atoms with van der Waals surface area (Å²) in [6.07, 6.45) is 2.42. The Balaban J connectivity index is 2.08. The largest absolute Gasteiger partial charge is 0.322 e. The lowest BCUT2D eigenvalue weighted by Crippen LogP contribution is -2.14. The number of halogens is 2. The van der Waals surface area contributed by atoms with Crippen molar-refractivity contribution < 1.29 is 0 Å². The Kier molecular flexibility index (Phi) is 3.97. The van der Waals surface area contributed by atoms with Gasteiger partial charge in [0, 0.05) is 27.3 Å². The predicted molar refractivity (Wildman–Crippen MR) is 71.9 cm³/mol. The summed E-state index contributed by atoms with van der Waals surface area (Å²) in [7, 11) is 0. The molecule has 0 aliphatic heterocycles. The number of hydrogen-bond acceptors (Lipinski definition) is 3. The van der Waals surface area contributed by atoms with Crippen molar-refractivity contribution in [3.63, 3.8) is 0 Å². The smallest absolute Gasteiger partial charge is 0.0589 e. The molecule has 0 aliphatic carbocycles. The molecule has 0 saturated heterocycles. The third-order valence-electron chi connectivity index (χ3n) is 2.17. The van der Waals surface area contributed by atoms with Gasteiger partial charge in [0.25, 0.3) is 0 Å². The van der Waals surface area contributed by atoms with Crippen LogP contribution in [-0.2, 0) is 6.42 Å². The molecule has 0 bridgehead atoms. The first kappa shape index (κ1) is 12.0. The van der Waals surface area contributed by atoms with Crippen LogP contribution in [0.25, 0.3) is 0 Å². The monoisotopic (exact) mass is 316 g/mol. The van der Waals surface area contributed by atoms with Crippen LogP contribution in [0.2, 0.25) is 5.02 Å². The molecule has 0 saturated carbocycles. The van der Waals surface area contributed by atoms with Gasteiger partial charge in [0.15, 0.2) is 0 Å². The standard InChI is InChI=1S/C11H10BrClN2S/c12-7-3-9(16-6-7)4-10(14)11-2-1-8(13)5-15-11/h1-3,5-6,10H,4,14H2. The van der Waals surface area contributed by atoms with Crippen molar-refractivity contribution in [1.82, 2.24) is 4.98 Å². The van der Waals surface area contributed by atoms with Crippen LogP contribution < -0.4 is 5.73 Å². The van der Waals surface area contributed by atoms with Gasteiger partial charge in [-0.2, -0.15) is 0 Å². The number of aromatic nitrogens is 1. The van der Waals surface area contributed by atoms with Gasteiger partial charge >= 0.3 is 0 Å². The van der Waals surface area contributed by atoms with E-state index in [-0.39, 0.29) is 6.04 Å². The molecular formula is C11H10BrClN2S. The molecule has 0 amide bonds. The normalized spacial score (nSPS) is 12.7. The van der Waals surface area contributed by atoms with Crippen molar-refractivity contribution in [2.45, 2.75) is 12.5 Å². The minimum absolute atomic E-state index is 0.0807. The highest BCUT2D eigenvalue weighted by atomic mass is 79.9. The lowest BCUT2D eigenvalue weighted by atomic mass is 10.1. The summed E-state index contributed by atoms with van der Waals surface area (Å²) in [5.41, 5.74) is 6.94. The topological polar surface area (TPSA) is 38.9 Å². The SMILES string of the molecule is NC(Cc1cc(Br)cs1)c1ccc(Cl)cn1. The summed E-state index contributed by atoms with van der Waals surface area (Å²) in [6.45, 7) is 0. The van der Waals surface area contributed by atoms with Gasteiger partial charge in [-0.3, -0.25) is 4.98 Å². The fourth-order valence-corrected chi connectivity index (χ4v) is 3.01. The summed E-state index contributed by atoms with van der Waals surface area (Å²) < 4.78 is 1.10. The van der Waals surface area contributed by atoms with Crippen molar-refractivity contribution in [2.24, 2.45) is 5.73 Å². The van der Waals surface area contributed by atoms with E-state index in [9.17, 15) is 0 Å². The number of rotatable bonds is 3. The second-order valence-corrected chi connectivity index (χ2v) is 5.79. The zero-order valence-corrected chi connectivity index (χ0v) is 11.5. The number of thiophene rings is 1. The van der Waals surface area contributed by atoms with Crippen LogP contribution in [0.15, 0.2) is 34.2 Å². The fourth-order valence-electron chi connectivity index (χ4n) is 1.39. The van der Waals surface area contributed by atoms with E-state index in [2.05, 4.69) is 32.4 Å². The van der Waals surface area contributed by atoms with Gasteiger partial charge in [-0.15, -0.1) is 11.3 Å². The molecule has 16 heavy (non-hydrogen) atoms. The first-order valence-electron chi connectivity index (χ1n) is 4.75. The maximum atomic E-state index is 6.07.